The predicted octanol–water partition coefficient (Wildman–Crippen LogP) is 5.13. The second-order valence-corrected chi connectivity index (χ2v) is 9.10. The maximum Gasteiger partial charge on any atom is 0.421 e. The summed E-state index contributed by atoms with van der Waals surface area (Å²) >= 11 is 5.87. The summed E-state index contributed by atoms with van der Waals surface area (Å²) in [6.45, 7) is -0.186. The average Bonchev–Trinajstić information content (AvgIpc) is 2.93. The fourth-order valence-electron chi connectivity index (χ4n) is 4.06. The number of halogens is 5. The van der Waals surface area contributed by atoms with Crippen LogP contribution in [0.4, 0.5) is 23.2 Å². The first kappa shape index (κ1) is 31.7. The van der Waals surface area contributed by atoms with Crippen molar-refractivity contribution in [1.29, 1.82) is 0 Å². The minimum atomic E-state index is -4.92. The lowest BCUT2D eigenvalue weighted by Crippen LogP contribution is -2.50. The van der Waals surface area contributed by atoms with Gasteiger partial charge < -0.3 is 23.8 Å². The van der Waals surface area contributed by atoms with Gasteiger partial charge in [0.15, 0.2) is 6.29 Å². The van der Waals surface area contributed by atoms with E-state index in [-0.39, 0.29) is 47.1 Å². The van der Waals surface area contributed by atoms with Gasteiger partial charge in [0.05, 0.1) is 43.5 Å². The minimum absolute atomic E-state index is 0.0742. The Hall–Kier alpha value is -3.81. The normalized spacial score (nSPS) is 16.8. The number of nitrogens with zero attached hydrogens (tertiary/aromatic N) is 2. The number of carbonyl (C=O) groups is 3. The van der Waals surface area contributed by atoms with Crippen molar-refractivity contribution in [1.82, 2.24) is 4.98 Å². The molecule has 2 unspecified atom stereocenters. The summed E-state index contributed by atoms with van der Waals surface area (Å²) in [5.74, 6) is -4.24. The summed E-state index contributed by atoms with van der Waals surface area (Å²) < 4.78 is 76.5. The Morgan fingerprint density at radius 3 is 2.39 bits per heavy atom. The number of benzene rings is 1. The van der Waals surface area contributed by atoms with Gasteiger partial charge in [0.25, 0.3) is 0 Å². The molecule has 0 aliphatic heterocycles. The summed E-state index contributed by atoms with van der Waals surface area (Å²) in [6, 6.07) is 3.16. The molecule has 1 heterocycles. The molecule has 0 bridgehead atoms. The molecule has 0 fully saturated rings. The Balaban J connectivity index is 2.14. The Bertz CT molecular complexity index is 1340. The first-order valence-electron chi connectivity index (χ1n) is 11.9. The standard InChI is InChI=1S/C27H25ClF4N2O7/c1-38-13-17(14-39-2)34(25(36)19-6-4-16(28)9-22(19)29)23-7-5-18(10-20(23)26(37)40-3)41-24-21(27(30,31)32)8-15(12-35)11-33-24/h4-12,17,19,22H,13-14H2,1-3H3. The lowest BCUT2D eigenvalue weighted by Gasteiger charge is -2.35. The van der Waals surface area contributed by atoms with Gasteiger partial charge in [-0.05, 0) is 36.4 Å². The van der Waals surface area contributed by atoms with Crippen molar-refractivity contribution in [3.05, 3.63) is 70.4 Å². The molecule has 41 heavy (non-hydrogen) atoms. The van der Waals surface area contributed by atoms with E-state index >= 15 is 0 Å². The third-order valence-electron chi connectivity index (χ3n) is 5.89. The molecule has 220 valence electrons. The van der Waals surface area contributed by atoms with E-state index < -0.39 is 47.6 Å². The number of carbonyl (C=O) groups excluding carboxylic acids is 3. The number of allylic oxidation sites excluding steroid dienone is 3. The summed E-state index contributed by atoms with van der Waals surface area (Å²) in [4.78, 5) is 42.3. The highest BCUT2D eigenvalue weighted by Crippen LogP contribution is 2.39. The highest BCUT2D eigenvalue weighted by Gasteiger charge is 2.38. The van der Waals surface area contributed by atoms with E-state index in [2.05, 4.69) is 4.98 Å². The Morgan fingerprint density at radius 1 is 1.15 bits per heavy atom. The lowest BCUT2D eigenvalue weighted by molar-refractivity contribution is -0.138. The number of hydrogen-bond donors (Lipinski definition) is 0. The maximum absolute atomic E-state index is 14.9. The third kappa shape index (κ3) is 7.48. The number of esters is 1. The highest BCUT2D eigenvalue weighted by atomic mass is 35.5. The summed E-state index contributed by atoms with van der Waals surface area (Å²) in [6.07, 6.45) is -1.93. The highest BCUT2D eigenvalue weighted by molar-refractivity contribution is 6.31. The number of aromatic nitrogens is 1. The zero-order valence-electron chi connectivity index (χ0n) is 22.0. The van der Waals surface area contributed by atoms with Gasteiger partial charge in [-0.15, -0.1) is 0 Å². The van der Waals surface area contributed by atoms with Crippen LogP contribution in [-0.4, -0.2) is 69.9 Å². The molecular formula is C27H25ClF4N2O7. The molecule has 1 aliphatic rings. The SMILES string of the molecule is COCC(COC)N(C(=O)C1C=CC(Cl)=CC1F)c1ccc(Oc2ncc(C=O)cc2C(F)(F)F)cc1C(=O)OC. The van der Waals surface area contributed by atoms with Crippen LogP contribution >= 0.6 is 11.6 Å². The molecule has 1 amide bonds. The maximum atomic E-state index is 14.9. The Morgan fingerprint density at radius 2 is 1.83 bits per heavy atom. The number of anilines is 1. The van der Waals surface area contributed by atoms with Gasteiger partial charge in [-0.1, -0.05) is 17.7 Å². The van der Waals surface area contributed by atoms with E-state index in [1.165, 1.54) is 38.5 Å². The largest absolute Gasteiger partial charge is 0.465 e. The summed E-state index contributed by atoms with van der Waals surface area (Å²) in [5, 5.41) is 0.100. The monoisotopic (exact) mass is 600 g/mol. The molecule has 1 aliphatic carbocycles. The van der Waals surface area contributed by atoms with Crippen molar-refractivity contribution in [2.75, 3.05) is 39.4 Å². The fourth-order valence-corrected chi connectivity index (χ4v) is 4.25. The topological polar surface area (TPSA) is 104 Å². The molecule has 0 N–H and O–H groups in total. The zero-order valence-corrected chi connectivity index (χ0v) is 22.7. The van der Waals surface area contributed by atoms with Crippen LogP contribution in [-0.2, 0) is 25.2 Å². The molecule has 2 atom stereocenters. The average molecular weight is 601 g/mol. The second kappa shape index (κ2) is 13.7. The first-order chi connectivity index (χ1) is 19.4. The summed E-state index contributed by atoms with van der Waals surface area (Å²) in [5.41, 5.74) is -2.02. The number of alkyl halides is 4. The number of rotatable bonds is 11. The van der Waals surface area contributed by atoms with E-state index in [9.17, 15) is 31.9 Å². The first-order valence-corrected chi connectivity index (χ1v) is 12.3. The van der Waals surface area contributed by atoms with E-state index in [0.29, 0.717) is 6.07 Å². The number of amides is 1. The Labute approximate surface area is 237 Å². The minimum Gasteiger partial charge on any atom is -0.465 e. The molecule has 0 spiro atoms. The van der Waals surface area contributed by atoms with Gasteiger partial charge in [0.2, 0.25) is 11.8 Å². The Kier molecular flexibility index (Phi) is 10.6. The molecule has 14 heteroatoms. The van der Waals surface area contributed by atoms with Crippen molar-refractivity contribution in [2.45, 2.75) is 18.4 Å². The molecular weight excluding hydrogens is 576 g/mol. The number of ether oxygens (including phenoxy) is 4. The van der Waals surface area contributed by atoms with E-state index in [1.807, 2.05) is 0 Å². The number of aldehydes is 1. The van der Waals surface area contributed by atoms with E-state index in [4.69, 9.17) is 30.5 Å². The number of pyridine rings is 1. The molecule has 9 nitrogen and oxygen atoms in total. The molecule has 2 aromatic rings. The zero-order chi connectivity index (χ0) is 30.3. The van der Waals surface area contributed by atoms with E-state index in [1.54, 1.807) is 0 Å². The van der Waals surface area contributed by atoms with Crippen molar-refractivity contribution in [3.8, 4) is 11.6 Å². The quantitative estimate of drug-likeness (QED) is 0.199. The van der Waals surface area contributed by atoms with Crippen molar-refractivity contribution >= 4 is 35.5 Å². The smallest absolute Gasteiger partial charge is 0.421 e. The lowest BCUT2D eigenvalue weighted by atomic mass is 9.95. The van der Waals surface area contributed by atoms with Crippen LogP contribution in [0.15, 0.2) is 53.7 Å². The fraction of sp³-hybridized carbons (Fsp3) is 0.333. The van der Waals surface area contributed by atoms with Crippen LogP contribution in [0.3, 0.4) is 0 Å². The van der Waals surface area contributed by atoms with Crippen LogP contribution in [0.5, 0.6) is 11.6 Å². The predicted molar refractivity (Wildman–Crippen MR) is 139 cm³/mol. The molecule has 1 aromatic carbocycles. The van der Waals surface area contributed by atoms with Crippen LogP contribution in [0.25, 0.3) is 0 Å². The van der Waals surface area contributed by atoms with Gasteiger partial charge in [-0.3, -0.25) is 9.59 Å². The van der Waals surface area contributed by atoms with Crippen molar-refractivity contribution < 1.29 is 50.9 Å². The van der Waals surface area contributed by atoms with Crippen molar-refractivity contribution in [2.24, 2.45) is 5.92 Å². The summed E-state index contributed by atoms with van der Waals surface area (Å²) in [7, 11) is 3.79. The van der Waals surface area contributed by atoms with Gasteiger partial charge >= 0.3 is 12.1 Å². The van der Waals surface area contributed by atoms with Crippen molar-refractivity contribution in [3.63, 3.8) is 0 Å². The van der Waals surface area contributed by atoms with Crippen LogP contribution in [0, 0.1) is 5.92 Å². The van der Waals surface area contributed by atoms with Crippen LogP contribution in [0.2, 0.25) is 0 Å². The molecule has 0 saturated carbocycles. The molecule has 0 saturated heterocycles. The van der Waals surface area contributed by atoms with Crippen LogP contribution < -0.4 is 9.64 Å². The van der Waals surface area contributed by atoms with Gasteiger partial charge in [0.1, 0.15) is 17.5 Å². The number of hydrogen-bond acceptors (Lipinski definition) is 8. The number of methoxy groups -OCH3 is 3. The molecule has 3 rings (SSSR count). The second-order valence-electron chi connectivity index (χ2n) is 8.66. The molecule has 0 radical (unpaired) electrons. The van der Waals surface area contributed by atoms with Gasteiger partial charge in [0, 0.05) is 31.0 Å². The third-order valence-corrected chi connectivity index (χ3v) is 6.14. The molecule has 1 aromatic heterocycles. The van der Waals surface area contributed by atoms with Gasteiger partial charge in [-0.25, -0.2) is 14.2 Å². The van der Waals surface area contributed by atoms with E-state index in [0.717, 1.165) is 30.3 Å². The van der Waals surface area contributed by atoms with Gasteiger partial charge in [-0.2, -0.15) is 13.2 Å². The van der Waals surface area contributed by atoms with Crippen LogP contribution in [0.1, 0.15) is 26.3 Å².